The minimum atomic E-state index is -1.26. The Kier molecular flexibility index (Phi) is 5.65. The van der Waals surface area contributed by atoms with Gasteiger partial charge in [0.2, 0.25) is 0 Å². The van der Waals surface area contributed by atoms with E-state index in [1.165, 1.54) is 13.2 Å². The van der Waals surface area contributed by atoms with Gasteiger partial charge in [0, 0.05) is 0 Å². The van der Waals surface area contributed by atoms with Crippen molar-refractivity contribution in [2.45, 2.75) is 19.8 Å². The molecule has 1 atom stereocenters. The maximum absolute atomic E-state index is 11.7. The van der Waals surface area contributed by atoms with Crippen molar-refractivity contribution in [3.05, 3.63) is 27.2 Å². The molecule has 0 aliphatic carbocycles. The molecular weight excluding hydrogens is 307 g/mol. The molecule has 1 aromatic rings. The number of esters is 1. The topological polar surface area (TPSA) is 72.8 Å². The number of rotatable bonds is 5. The van der Waals surface area contributed by atoms with E-state index in [-0.39, 0.29) is 28.0 Å². The molecule has 5 nitrogen and oxygen atoms in total. The Morgan fingerprint density at radius 2 is 2.00 bits per heavy atom. The minimum absolute atomic E-state index is 0.0369. The van der Waals surface area contributed by atoms with Crippen molar-refractivity contribution in [1.29, 1.82) is 0 Å². The molecule has 0 saturated heterocycles. The average molecular weight is 321 g/mol. The monoisotopic (exact) mass is 320 g/mol. The van der Waals surface area contributed by atoms with Crippen LogP contribution in [0.4, 0.5) is 0 Å². The van der Waals surface area contributed by atoms with E-state index in [4.69, 9.17) is 37.8 Å². The molecule has 0 aliphatic heterocycles. The minimum Gasteiger partial charge on any atom is -0.494 e. The van der Waals surface area contributed by atoms with Gasteiger partial charge in [-0.1, -0.05) is 23.2 Å². The summed E-state index contributed by atoms with van der Waals surface area (Å²) in [5.74, 6) is -2.49. The van der Waals surface area contributed by atoms with Gasteiger partial charge in [-0.15, -0.1) is 0 Å². The number of ether oxygens (including phenoxy) is 2. The number of aromatic carboxylic acids is 1. The predicted molar refractivity (Wildman–Crippen MR) is 75.0 cm³/mol. The molecule has 0 bridgehead atoms. The van der Waals surface area contributed by atoms with Crippen LogP contribution in [-0.4, -0.2) is 30.8 Å². The zero-order chi connectivity index (χ0) is 15.4. The van der Waals surface area contributed by atoms with Gasteiger partial charge < -0.3 is 14.6 Å². The number of halogens is 2. The molecule has 0 aromatic heterocycles. The Morgan fingerprint density at radius 1 is 1.40 bits per heavy atom. The molecule has 1 N–H and O–H groups in total. The van der Waals surface area contributed by atoms with Crippen molar-refractivity contribution >= 4 is 35.1 Å². The molecule has 110 valence electrons. The van der Waals surface area contributed by atoms with Gasteiger partial charge in [0.1, 0.15) is 5.56 Å². The summed E-state index contributed by atoms with van der Waals surface area (Å²) in [5.41, 5.74) is 0.121. The first-order valence-corrected chi connectivity index (χ1v) is 6.56. The van der Waals surface area contributed by atoms with Crippen LogP contribution < -0.4 is 4.74 Å². The van der Waals surface area contributed by atoms with Gasteiger partial charge in [-0.05, 0) is 25.5 Å². The number of carbonyl (C=O) groups excluding carboxylic acids is 1. The van der Waals surface area contributed by atoms with Crippen LogP contribution in [0.5, 0.6) is 5.75 Å². The number of hydrogen-bond acceptors (Lipinski definition) is 4. The number of hydrogen-bond donors (Lipinski definition) is 1. The van der Waals surface area contributed by atoms with E-state index in [2.05, 4.69) is 0 Å². The zero-order valence-electron chi connectivity index (χ0n) is 11.2. The molecule has 0 amide bonds. The summed E-state index contributed by atoms with van der Waals surface area (Å²) < 4.78 is 9.91. The molecule has 0 spiro atoms. The highest BCUT2D eigenvalue weighted by molar-refractivity contribution is 6.37. The molecule has 0 aliphatic rings. The summed E-state index contributed by atoms with van der Waals surface area (Å²) in [5, 5.41) is 9.10. The SMILES string of the molecule is CCOC(=O)C(C)c1cc(Cl)c(C(=O)O)c(OC)c1Cl. The smallest absolute Gasteiger partial charge is 0.341 e. The van der Waals surface area contributed by atoms with E-state index in [1.54, 1.807) is 13.8 Å². The quantitative estimate of drug-likeness (QED) is 0.842. The lowest BCUT2D eigenvalue weighted by atomic mass is 9.98. The number of benzene rings is 1. The van der Waals surface area contributed by atoms with E-state index in [1.807, 2.05) is 0 Å². The van der Waals surface area contributed by atoms with Crippen LogP contribution in [-0.2, 0) is 9.53 Å². The van der Waals surface area contributed by atoms with Gasteiger partial charge in [-0.25, -0.2) is 4.79 Å². The normalized spacial score (nSPS) is 11.8. The molecular formula is C13H14Cl2O5. The van der Waals surface area contributed by atoms with Crippen molar-refractivity contribution in [3.63, 3.8) is 0 Å². The van der Waals surface area contributed by atoms with Crippen LogP contribution in [0.2, 0.25) is 10.0 Å². The fraction of sp³-hybridized carbons (Fsp3) is 0.385. The van der Waals surface area contributed by atoms with Gasteiger partial charge >= 0.3 is 11.9 Å². The Balaban J connectivity index is 3.41. The second-order valence-electron chi connectivity index (χ2n) is 3.95. The van der Waals surface area contributed by atoms with Gasteiger partial charge in [0.15, 0.2) is 5.75 Å². The van der Waals surface area contributed by atoms with Crippen LogP contribution in [0.15, 0.2) is 6.07 Å². The first kappa shape index (κ1) is 16.6. The molecule has 0 radical (unpaired) electrons. The van der Waals surface area contributed by atoms with Crippen molar-refractivity contribution < 1.29 is 24.2 Å². The summed E-state index contributed by atoms with van der Waals surface area (Å²) >= 11 is 12.0. The Morgan fingerprint density at radius 3 is 2.45 bits per heavy atom. The van der Waals surface area contributed by atoms with Gasteiger partial charge in [-0.3, -0.25) is 4.79 Å². The van der Waals surface area contributed by atoms with Crippen LogP contribution in [0, 0.1) is 0 Å². The third-order valence-corrected chi connectivity index (χ3v) is 3.41. The Hall–Kier alpha value is -1.46. The summed E-state index contributed by atoms with van der Waals surface area (Å²) in [4.78, 5) is 22.9. The maximum atomic E-state index is 11.7. The highest BCUT2D eigenvalue weighted by atomic mass is 35.5. The Bertz CT molecular complexity index is 542. The summed E-state index contributed by atoms with van der Waals surface area (Å²) in [6.45, 7) is 3.52. The van der Waals surface area contributed by atoms with Gasteiger partial charge in [-0.2, -0.15) is 0 Å². The number of carboxylic acids is 1. The molecule has 7 heteroatoms. The van der Waals surface area contributed by atoms with Crippen LogP contribution >= 0.6 is 23.2 Å². The molecule has 0 saturated carbocycles. The van der Waals surface area contributed by atoms with Crippen molar-refractivity contribution in [2.24, 2.45) is 0 Å². The number of carboxylic acid groups (broad SMARTS) is 1. The first-order valence-electron chi connectivity index (χ1n) is 5.80. The van der Waals surface area contributed by atoms with Crippen molar-refractivity contribution in [3.8, 4) is 5.75 Å². The lowest BCUT2D eigenvalue weighted by molar-refractivity contribution is -0.144. The lowest BCUT2D eigenvalue weighted by Gasteiger charge is -2.17. The van der Waals surface area contributed by atoms with Crippen LogP contribution in [0.25, 0.3) is 0 Å². The van der Waals surface area contributed by atoms with Crippen molar-refractivity contribution in [2.75, 3.05) is 13.7 Å². The molecule has 0 fully saturated rings. The highest BCUT2D eigenvalue weighted by Crippen LogP contribution is 2.40. The standard InChI is InChI=1S/C13H14Cl2O5/c1-4-20-13(18)6(2)7-5-8(14)9(12(16)17)11(19-3)10(7)15/h5-6H,4H2,1-3H3,(H,16,17). The molecule has 1 rings (SSSR count). The van der Waals surface area contributed by atoms with Crippen LogP contribution in [0.1, 0.15) is 35.7 Å². The average Bonchev–Trinajstić information content (AvgIpc) is 2.39. The summed E-state index contributed by atoms with van der Waals surface area (Å²) in [6, 6.07) is 1.34. The van der Waals surface area contributed by atoms with Gasteiger partial charge in [0.05, 0.1) is 29.7 Å². The van der Waals surface area contributed by atoms with Gasteiger partial charge in [0.25, 0.3) is 0 Å². The summed E-state index contributed by atoms with van der Waals surface area (Å²) in [7, 11) is 1.28. The largest absolute Gasteiger partial charge is 0.494 e. The van der Waals surface area contributed by atoms with E-state index < -0.39 is 17.9 Å². The third kappa shape index (κ3) is 3.16. The summed E-state index contributed by atoms with van der Waals surface area (Å²) in [6.07, 6.45) is 0. The lowest BCUT2D eigenvalue weighted by Crippen LogP contribution is -2.14. The second kappa shape index (κ2) is 6.81. The zero-order valence-corrected chi connectivity index (χ0v) is 12.7. The van der Waals surface area contributed by atoms with Crippen molar-refractivity contribution in [1.82, 2.24) is 0 Å². The number of carbonyl (C=O) groups is 2. The molecule has 1 aromatic carbocycles. The molecule has 1 unspecified atom stereocenters. The number of methoxy groups -OCH3 is 1. The fourth-order valence-corrected chi connectivity index (χ4v) is 2.40. The van der Waals surface area contributed by atoms with Crippen LogP contribution in [0.3, 0.4) is 0 Å². The maximum Gasteiger partial charge on any atom is 0.341 e. The van der Waals surface area contributed by atoms with E-state index in [9.17, 15) is 9.59 Å². The second-order valence-corrected chi connectivity index (χ2v) is 4.73. The van der Waals surface area contributed by atoms with E-state index in [0.29, 0.717) is 5.56 Å². The van der Waals surface area contributed by atoms with E-state index >= 15 is 0 Å². The first-order chi connectivity index (χ1) is 9.34. The molecule has 20 heavy (non-hydrogen) atoms. The fourth-order valence-electron chi connectivity index (χ4n) is 1.72. The predicted octanol–water partition coefficient (Wildman–Crippen LogP) is 3.37. The van der Waals surface area contributed by atoms with E-state index in [0.717, 1.165) is 0 Å². The highest BCUT2D eigenvalue weighted by Gasteiger charge is 2.27. The Labute approximate surface area is 126 Å². The third-order valence-electron chi connectivity index (χ3n) is 2.73. The molecule has 0 heterocycles.